The van der Waals surface area contributed by atoms with E-state index in [2.05, 4.69) is 36.1 Å². The van der Waals surface area contributed by atoms with Crippen LogP contribution in [0.1, 0.15) is 44.1 Å². The van der Waals surface area contributed by atoms with Crippen LogP contribution < -0.4 is 0 Å². The predicted octanol–water partition coefficient (Wildman–Crippen LogP) is 3.12. The van der Waals surface area contributed by atoms with Crippen LogP contribution in [0, 0.1) is 5.92 Å². The van der Waals surface area contributed by atoms with Gasteiger partial charge in [-0.15, -0.1) is 0 Å². The lowest BCUT2D eigenvalue weighted by Crippen LogP contribution is -2.34. The van der Waals surface area contributed by atoms with E-state index in [-0.39, 0.29) is 5.92 Å². The summed E-state index contributed by atoms with van der Waals surface area (Å²) in [5, 5.41) is 9.28. The summed E-state index contributed by atoms with van der Waals surface area (Å²) in [6, 6.07) is 11.4. The number of carboxylic acids is 1. The number of carbonyl (C=O) groups is 1. The molecule has 108 valence electrons. The molecule has 0 aliphatic carbocycles. The molecule has 3 rings (SSSR count). The van der Waals surface area contributed by atoms with Crippen molar-refractivity contribution in [1.82, 2.24) is 4.90 Å². The van der Waals surface area contributed by atoms with Crippen molar-refractivity contribution < 1.29 is 9.90 Å². The van der Waals surface area contributed by atoms with Crippen molar-refractivity contribution in [2.24, 2.45) is 5.92 Å². The maximum atomic E-state index is 11.3. The summed E-state index contributed by atoms with van der Waals surface area (Å²) in [5.41, 5.74) is 1.38. The summed E-state index contributed by atoms with van der Waals surface area (Å²) < 4.78 is 0. The van der Waals surface area contributed by atoms with Gasteiger partial charge in [-0.05, 0) is 43.7 Å². The molecule has 2 fully saturated rings. The smallest absolute Gasteiger partial charge is 0.308 e. The van der Waals surface area contributed by atoms with Crippen LogP contribution in [0.25, 0.3) is 0 Å². The number of benzene rings is 1. The minimum absolute atomic E-state index is 0.124. The topological polar surface area (TPSA) is 40.5 Å². The Hall–Kier alpha value is -1.35. The Bertz CT molecular complexity index is 473. The van der Waals surface area contributed by atoms with Crippen LogP contribution in [0.3, 0.4) is 0 Å². The van der Waals surface area contributed by atoms with Crippen molar-refractivity contribution in [3.05, 3.63) is 35.9 Å². The summed E-state index contributed by atoms with van der Waals surface area (Å²) in [5.74, 6) is -0.182. The molecule has 3 nitrogen and oxygen atoms in total. The Morgan fingerprint density at radius 3 is 2.75 bits per heavy atom. The van der Waals surface area contributed by atoms with E-state index < -0.39 is 5.97 Å². The van der Waals surface area contributed by atoms with E-state index in [1.807, 2.05) is 6.07 Å². The zero-order chi connectivity index (χ0) is 14.1. The molecule has 1 aromatic rings. The van der Waals surface area contributed by atoms with Gasteiger partial charge in [-0.3, -0.25) is 9.69 Å². The van der Waals surface area contributed by atoms with Gasteiger partial charge >= 0.3 is 5.97 Å². The number of fused-ring (bicyclic) bond motifs is 2. The highest BCUT2D eigenvalue weighted by molar-refractivity contribution is 5.71. The van der Waals surface area contributed by atoms with Gasteiger partial charge in [0, 0.05) is 12.1 Å². The summed E-state index contributed by atoms with van der Waals surface area (Å²) in [4.78, 5) is 13.7. The van der Waals surface area contributed by atoms with E-state index in [1.54, 1.807) is 0 Å². The van der Waals surface area contributed by atoms with Crippen molar-refractivity contribution >= 4 is 5.97 Å². The number of carboxylic acid groups (broad SMARTS) is 1. The van der Waals surface area contributed by atoms with Crippen molar-refractivity contribution in [1.29, 1.82) is 0 Å². The fourth-order valence-electron chi connectivity index (χ4n) is 4.01. The van der Waals surface area contributed by atoms with Crippen LogP contribution in [-0.4, -0.2) is 34.6 Å². The normalized spacial score (nSPS) is 30.6. The minimum Gasteiger partial charge on any atom is -0.481 e. The Balaban J connectivity index is 1.58. The Morgan fingerprint density at radius 2 is 2.10 bits per heavy atom. The molecule has 0 saturated carbocycles. The third-order valence-electron chi connectivity index (χ3n) is 5.19. The molecule has 3 heteroatoms. The number of rotatable bonds is 5. The SMILES string of the molecule is CC(CCN1C2CCC1C(C(=O)O)C2)c1ccccc1. The average Bonchev–Trinajstić information content (AvgIpc) is 3.02. The molecule has 4 unspecified atom stereocenters. The first-order chi connectivity index (χ1) is 9.66. The number of aliphatic carboxylic acids is 1. The zero-order valence-corrected chi connectivity index (χ0v) is 12.0. The quantitative estimate of drug-likeness (QED) is 0.896. The molecule has 4 atom stereocenters. The Kier molecular flexibility index (Phi) is 3.79. The molecular formula is C17H23NO2. The van der Waals surface area contributed by atoms with E-state index in [0.717, 1.165) is 25.8 Å². The molecule has 1 aromatic carbocycles. The van der Waals surface area contributed by atoms with Gasteiger partial charge in [-0.2, -0.15) is 0 Å². The van der Waals surface area contributed by atoms with Crippen LogP contribution in [0.5, 0.6) is 0 Å². The molecule has 20 heavy (non-hydrogen) atoms. The van der Waals surface area contributed by atoms with Crippen molar-refractivity contribution in [3.63, 3.8) is 0 Å². The van der Waals surface area contributed by atoms with E-state index in [9.17, 15) is 9.90 Å². The zero-order valence-electron chi connectivity index (χ0n) is 12.0. The van der Waals surface area contributed by atoms with Gasteiger partial charge in [-0.1, -0.05) is 37.3 Å². The lowest BCUT2D eigenvalue weighted by Gasteiger charge is -2.24. The monoisotopic (exact) mass is 273 g/mol. The molecule has 0 amide bonds. The molecule has 0 radical (unpaired) electrons. The highest BCUT2D eigenvalue weighted by Gasteiger charge is 2.48. The van der Waals surface area contributed by atoms with Crippen molar-refractivity contribution in [2.45, 2.75) is 50.6 Å². The summed E-state index contributed by atoms with van der Waals surface area (Å²) in [6.07, 6.45) is 4.23. The maximum absolute atomic E-state index is 11.3. The van der Waals surface area contributed by atoms with Crippen LogP contribution in [0.4, 0.5) is 0 Å². The Labute approximate surface area is 120 Å². The van der Waals surface area contributed by atoms with E-state index in [0.29, 0.717) is 18.0 Å². The molecule has 0 aromatic heterocycles. The largest absolute Gasteiger partial charge is 0.481 e. The fraction of sp³-hybridized carbons (Fsp3) is 0.588. The van der Waals surface area contributed by atoms with Crippen molar-refractivity contribution in [2.75, 3.05) is 6.54 Å². The van der Waals surface area contributed by atoms with Crippen LogP contribution in [0.2, 0.25) is 0 Å². The second-order valence-electron chi connectivity index (χ2n) is 6.32. The molecule has 2 bridgehead atoms. The van der Waals surface area contributed by atoms with Gasteiger partial charge < -0.3 is 5.11 Å². The van der Waals surface area contributed by atoms with E-state index in [4.69, 9.17) is 0 Å². The van der Waals surface area contributed by atoms with E-state index in [1.165, 1.54) is 12.0 Å². The van der Waals surface area contributed by atoms with Gasteiger partial charge in [0.1, 0.15) is 0 Å². The average molecular weight is 273 g/mol. The van der Waals surface area contributed by atoms with Gasteiger partial charge in [0.2, 0.25) is 0 Å². The maximum Gasteiger partial charge on any atom is 0.308 e. The molecule has 2 aliphatic rings. The summed E-state index contributed by atoms with van der Waals surface area (Å²) in [7, 11) is 0. The third kappa shape index (κ3) is 2.47. The second-order valence-corrected chi connectivity index (χ2v) is 6.32. The number of hydrogen-bond donors (Lipinski definition) is 1. The lowest BCUT2D eigenvalue weighted by atomic mass is 9.89. The van der Waals surface area contributed by atoms with Gasteiger partial charge in [0.25, 0.3) is 0 Å². The predicted molar refractivity (Wildman–Crippen MR) is 78.7 cm³/mol. The molecular weight excluding hydrogens is 250 g/mol. The third-order valence-corrected chi connectivity index (χ3v) is 5.19. The molecule has 2 heterocycles. The first-order valence-electron chi connectivity index (χ1n) is 7.70. The number of hydrogen-bond acceptors (Lipinski definition) is 2. The first kappa shape index (κ1) is 13.6. The van der Waals surface area contributed by atoms with Crippen LogP contribution in [-0.2, 0) is 4.79 Å². The van der Waals surface area contributed by atoms with Crippen LogP contribution in [0.15, 0.2) is 30.3 Å². The molecule has 0 spiro atoms. The molecule has 2 aliphatic heterocycles. The Morgan fingerprint density at radius 1 is 1.35 bits per heavy atom. The van der Waals surface area contributed by atoms with Gasteiger partial charge in [0.15, 0.2) is 0 Å². The first-order valence-corrected chi connectivity index (χ1v) is 7.70. The van der Waals surface area contributed by atoms with Crippen LogP contribution >= 0.6 is 0 Å². The van der Waals surface area contributed by atoms with Gasteiger partial charge in [0.05, 0.1) is 5.92 Å². The summed E-state index contributed by atoms with van der Waals surface area (Å²) >= 11 is 0. The lowest BCUT2D eigenvalue weighted by molar-refractivity contribution is -0.142. The summed E-state index contributed by atoms with van der Waals surface area (Å²) in [6.45, 7) is 3.30. The fourth-order valence-corrected chi connectivity index (χ4v) is 4.01. The minimum atomic E-state index is -0.599. The van der Waals surface area contributed by atoms with Gasteiger partial charge in [-0.25, -0.2) is 0 Å². The van der Waals surface area contributed by atoms with Crippen molar-refractivity contribution in [3.8, 4) is 0 Å². The highest BCUT2D eigenvalue weighted by Crippen LogP contribution is 2.42. The number of nitrogens with zero attached hydrogens (tertiary/aromatic N) is 1. The standard InChI is InChI=1S/C17H23NO2/c1-12(13-5-3-2-4-6-13)9-10-18-14-7-8-16(18)15(11-14)17(19)20/h2-6,12,14-16H,7-11H2,1H3,(H,19,20). The second kappa shape index (κ2) is 5.57. The molecule has 1 N–H and O–H groups in total. The van der Waals surface area contributed by atoms with E-state index >= 15 is 0 Å². The molecule has 2 saturated heterocycles. The highest BCUT2D eigenvalue weighted by atomic mass is 16.4.